The number of methoxy groups -OCH3 is 1. The predicted octanol–water partition coefficient (Wildman–Crippen LogP) is 4.40. The summed E-state index contributed by atoms with van der Waals surface area (Å²) < 4.78 is 5.37. The lowest BCUT2D eigenvalue weighted by molar-refractivity contribution is 0.0696. The van der Waals surface area contributed by atoms with Crippen molar-refractivity contribution in [2.75, 3.05) is 12.4 Å². The second-order valence-corrected chi connectivity index (χ2v) is 7.59. The van der Waals surface area contributed by atoms with E-state index in [1.807, 2.05) is 6.07 Å². The Morgan fingerprint density at radius 1 is 1.28 bits per heavy atom. The third-order valence-electron chi connectivity index (χ3n) is 6.02. The maximum atomic E-state index is 11.9. The summed E-state index contributed by atoms with van der Waals surface area (Å²) >= 11 is 0. The van der Waals surface area contributed by atoms with E-state index < -0.39 is 5.97 Å². The molecule has 2 N–H and O–H groups in total. The number of hydrogen-bond donors (Lipinski definition) is 2. The summed E-state index contributed by atoms with van der Waals surface area (Å²) in [6, 6.07) is 12.2. The van der Waals surface area contributed by atoms with E-state index >= 15 is 0 Å². The summed E-state index contributed by atoms with van der Waals surface area (Å²) in [5.41, 5.74) is 4.56. The van der Waals surface area contributed by atoms with Crippen LogP contribution >= 0.6 is 0 Å². The fraction of sp³-hybridized carbons (Fsp3) is 0.381. The Morgan fingerprint density at radius 3 is 2.76 bits per heavy atom. The molecule has 0 radical (unpaired) electrons. The molecule has 0 unspecified atom stereocenters. The Hall–Kier alpha value is -2.49. The van der Waals surface area contributed by atoms with Crippen LogP contribution in [0.2, 0.25) is 0 Å². The van der Waals surface area contributed by atoms with Gasteiger partial charge in [-0.1, -0.05) is 38.1 Å². The molecule has 2 aromatic rings. The van der Waals surface area contributed by atoms with E-state index in [1.54, 1.807) is 13.2 Å². The van der Waals surface area contributed by atoms with Gasteiger partial charge < -0.3 is 15.2 Å². The molecule has 2 aromatic carbocycles. The van der Waals surface area contributed by atoms with Gasteiger partial charge in [-0.25, -0.2) is 4.79 Å². The minimum atomic E-state index is -0.930. The molecular formula is C21H23NO3. The average molecular weight is 337 g/mol. The number of ether oxygens (including phenoxy) is 1. The van der Waals surface area contributed by atoms with E-state index in [4.69, 9.17) is 4.74 Å². The zero-order valence-electron chi connectivity index (χ0n) is 14.8. The van der Waals surface area contributed by atoms with Gasteiger partial charge in [0.1, 0.15) is 5.75 Å². The maximum Gasteiger partial charge on any atom is 0.337 e. The molecule has 2 aliphatic rings. The molecule has 2 atom stereocenters. The lowest BCUT2D eigenvalue weighted by Crippen LogP contribution is -2.44. The first kappa shape index (κ1) is 16.0. The number of rotatable bonds is 2. The van der Waals surface area contributed by atoms with Crippen LogP contribution in [0.25, 0.3) is 0 Å². The molecule has 0 amide bonds. The molecule has 0 spiro atoms. The molecular weight excluding hydrogens is 314 g/mol. The Kier molecular flexibility index (Phi) is 3.53. The number of fused-ring (bicyclic) bond motifs is 4. The highest BCUT2D eigenvalue weighted by Crippen LogP contribution is 2.54. The molecule has 25 heavy (non-hydrogen) atoms. The highest BCUT2D eigenvalue weighted by atomic mass is 16.5. The SMILES string of the molecule is COc1cc(C(=O)O)c2c(c1)C(C)(C)[C@H]1CCc3ccccc3[C@H]1N2. The zero-order chi connectivity index (χ0) is 17.8. The molecule has 130 valence electrons. The van der Waals surface area contributed by atoms with Gasteiger partial charge in [0.2, 0.25) is 0 Å². The summed E-state index contributed by atoms with van der Waals surface area (Å²) in [4.78, 5) is 11.9. The normalized spacial score (nSPS) is 22.8. The van der Waals surface area contributed by atoms with Crippen LogP contribution in [0.5, 0.6) is 5.75 Å². The molecule has 0 saturated heterocycles. The van der Waals surface area contributed by atoms with Gasteiger partial charge in [-0.15, -0.1) is 0 Å². The average Bonchev–Trinajstić information content (AvgIpc) is 2.60. The van der Waals surface area contributed by atoms with Crippen LogP contribution < -0.4 is 10.1 Å². The van der Waals surface area contributed by atoms with Crippen LogP contribution in [-0.4, -0.2) is 18.2 Å². The summed E-state index contributed by atoms with van der Waals surface area (Å²) in [5, 5.41) is 13.3. The van der Waals surface area contributed by atoms with Gasteiger partial charge in [0.15, 0.2) is 0 Å². The van der Waals surface area contributed by atoms with Crippen LogP contribution in [0.3, 0.4) is 0 Å². The van der Waals surface area contributed by atoms with Crippen molar-refractivity contribution in [3.05, 3.63) is 58.7 Å². The summed E-state index contributed by atoms with van der Waals surface area (Å²) in [5.74, 6) is 0.0744. The topological polar surface area (TPSA) is 58.6 Å². The molecule has 0 bridgehead atoms. The zero-order valence-corrected chi connectivity index (χ0v) is 14.8. The molecule has 4 heteroatoms. The lowest BCUT2D eigenvalue weighted by atomic mass is 9.61. The predicted molar refractivity (Wildman–Crippen MR) is 97.6 cm³/mol. The molecule has 4 nitrogen and oxygen atoms in total. The number of hydrogen-bond acceptors (Lipinski definition) is 3. The van der Waals surface area contributed by atoms with Gasteiger partial charge >= 0.3 is 5.97 Å². The Balaban J connectivity index is 1.93. The number of anilines is 1. The minimum absolute atomic E-state index is 0.138. The number of benzene rings is 2. The minimum Gasteiger partial charge on any atom is -0.497 e. The third-order valence-corrected chi connectivity index (χ3v) is 6.02. The summed E-state index contributed by atoms with van der Waals surface area (Å²) in [6.07, 6.45) is 2.15. The number of aromatic carboxylic acids is 1. The lowest BCUT2D eigenvalue weighted by Gasteiger charge is -2.49. The maximum absolute atomic E-state index is 11.9. The van der Waals surface area contributed by atoms with E-state index in [9.17, 15) is 9.90 Å². The smallest absolute Gasteiger partial charge is 0.337 e. The number of carbonyl (C=O) groups is 1. The number of nitrogens with one attached hydrogen (secondary N) is 1. The van der Waals surface area contributed by atoms with Crippen molar-refractivity contribution in [3.63, 3.8) is 0 Å². The summed E-state index contributed by atoms with van der Waals surface area (Å²) in [6.45, 7) is 4.45. The van der Waals surface area contributed by atoms with Crippen molar-refractivity contribution >= 4 is 11.7 Å². The molecule has 1 heterocycles. The van der Waals surface area contributed by atoms with Gasteiger partial charge in [-0.05, 0) is 53.0 Å². The third kappa shape index (κ3) is 2.31. The van der Waals surface area contributed by atoms with Crippen molar-refractivity contribution in [1.29, 1.82) is 0 Å². The van der Waals surface area contributed by atoms with Crippen molar-refractivity contribution in [3.8, 4) is 5.75 Å². The van der Waals surface area contributed by atoms with Crippen LogP contribution in [-0.2, 0) is 11.8 Å². The van der Waals surface area contributed by atoms with Crippen LogP contribution in [0.4, 0.5) is 5.69 Å². The van der Waals surface area contributed by atoms with Gasteiger partial charge in [-0.3, -0.25) is 0 Å². The van der Waals surface area contributed by atoms with E-state index in [2.05, 4.69) is 43.4 Å². The molecule has 0 saturated carbocycles. The highest BCUT2D eigenvalue weighted by Gasteiger charge is 2.46. The van der Waals surface area contributed by atoms with Crippen LogP contribution in [0.15, 0.2) is 36.4 Å². The largest absolute Gasteiger partial charge is 0.497 e. The molecule has 1 aliphatic heterocycles. The van der Waals surface area contributed by atoms with E-state index in [0.29, 0.717) is 11.7 Å². The van der Waals surface area contributed by atoms with E-state index in [-0.39, 0.29) is 17.0 Å². The number of aryl methyl sites for hydroxylation is 1. The fourth-order valence-electron chi connectivity index (χ4n) is 4.64. The van der Waals surface area contributed by atoms with Crippen LogP contribution in [0, 0.1) is 5.92 Å². The molecule has 0 aromatic heterocycles. The Morgan fingerprint density at radius 2 is 2.04 bits per heavy atom. The van der Waals surface area contributed by atoms with Gasteiger partial charge in [0.25, 0.3) is 0 Å². The second-order valence-electron chi connectivity index (χ2n) is 7.59. The number of carboxylic acids is 1. The first-order valence-corrected chi connectivity index (χ1v) is 8.73. The quantitative estimate of drug-likeness (QED) is 0.853. The van der Waals surface area contributed by atoms with Crippen molar-refractivity contribution in [1.82, 2.24) is 0 Å². The van der Waals surface area contributed by atoms with Crippen LogP contribution in [0.1, 0.15) is 53.4 Å². The van der Waals surface area contributed by atoms with E-state index in [1.165, 1.54) is 11.1 Å². The summed E-state index contributed by atoms with van der Waals surface area (Å²) in [7, 11) is 1.58. The highest BCUT2D eigenvalue weighted by molar-refractivity contribution is 5.96. The monoisotopic (exact) mass is 337 g/mol. The standard InChI is InChI=1S/C21H23NO3/c1-21(2)16-9-8-12-6-4-5-7-14(12)18(16)22-19-15(20(23)24)10-13(25-3)11-17(19)21/h4-7,10-11,16,18,22H,8-9H2,1-3H3,(H,23,24)/t16-,18+/m0/s1. The van der Waals surface area contributed by atoms with Crippen molar-refractivity contribution < 1.29 is 14.6 Å². The van der Waals surface area contributed by atoms with Gasteiger partial charge in [0.05, 0.1) is 24.4 Å². The fourth-order valence-corrected chi connectivity index (χ4v) is 4.64. The van der Waals surface area contributed by atoms with Gasteiger partial charge in [-0.2, -0.15) is 0 Å². The Labute approximate surface area is 147 Å². The second kappa shape index (κ2) is 5.51. The molecule has 0 fully saturated rings. The number of carboxylic acid groups (broad SMARTS) is 1. The molecule has 1 aliphatic carbocycles. The first-order chi connectivity index (χ1) is 11.9. The van der Waals surface area contributed by atoms with Gasteiger partial charge in [0, 0.05) is 0 Å². The van der Waals surface area contributed by atoms with E-state index in [0.717, 1.165) is 24.1 Å². The first-order valence-electron chi connectivity index (χ1n) is 8.73. The Bertz CT molecular complexity index is 856. The molecule has 4 rings (SSSR count). The van der Waals surface area contributed by atoms with Crippen molar-refractivity contribution in [2.24, 2.45) is 5.92 Å². The van der Waals surface area contributed by atoms with Crippen molar-refractivity contribution in [2.45, 2.75) is 38.1 Å².